The Kier molecular flexibility index (Phi) is 6.28. The molecule has 0 spiro atoms. The number of carbonyl (C=O) groups excluding carboxylic acids is 1. The number of hydrogen-bond acceptors (Lipinski definition) is 3. The molecule has 1 fully saturated rings. The number of rotatable bonds is 7. The summed E-state index contributed by atoms with van der Waals surface area (Å²) in [5.74, 6) is -0.874. The Morgan fingerprint density at radius 1 is 1.32 bits per heavy atom. The molecule has 1 unspecified atom stereocenters. The van der Waals surface area contributed by atoms with Crippen LogP contribution in [0.2, 0.25) is 0 Å². The lowest BCUT2D eigenvalue weighted by molar-refractivity contribution is -0.139. The first-order chi connectivity index (χ1) is 8.93. The third-order valence-corrected chi connectivity index (χ3v) is 3.77. The van der Waals surface area contributed by atoms with Crippen molar-refractivity contribution in [3.8, 4) is 0 Å². The fourth-order valence-corrected chi connectivity index (χ4v) is 2.81. The van der Waals surface area contributed by atoms with Gasteiger partial charge in [-0.05, 0) is 32.6 Å². The van der Waals surface area contributed by atoms with Crippen LogP contribution in [0, 0.1) is 0 Å². The number of nitrogens with one attached hydrogen (secondary N) is 1. The van der Waals surface area contributed by atoms with E-state index in [0.717, 1.165) is 44.9 Å². The Hall–Kier alpha value is -1.10. The van der Waals surface area contributed by atoms with Gasteiger partial charge in [0.05, 0.1) is 12.0 Å². The van der Waals surface area contributed by atoms with Crippen LogP contribution in [-0.4, -0.2) is 28.6 Å². The molecule has 1 atom stereocenters. The number of carboxylic acids is 1. The lowest BCUT2D eigenvalue weighted by Gasteiger charge is -2.37. The topological polar surface area (TPSA) is 92.4 Å². The number of nitrogens with two attached hydrogens (primary N) is 1. The van der Waals surface area contributed by atoms with E-state index in [4.69, 9.17) is 10.8 Å². The van der Waals surface area contributed by atoms with Crippen molar-refractivity contribution in [2.45, 2.75) is 76.3 Å². The summed E-state index contributed by atoms with van der Waals surface area (Å²) in [6, 6.07) is 0.107. The molecule has 1 aliphatic rings. The van der Waals surface area contributed by atoms with Crippen LogP contribution in [0.25, 0.3) is 0 Å². The molecule has 0 saturated heterocycles. The first kappa shape index (κ1) is 16.0. The summed E-state index contributed by atoms with van der Waals surface area (Å²) in [4.78, 5) is 22.9. The summed E-state index contributed by atoms with van der Waals surface area (Å²) in [7, 11) is 0. The maximum Gasteiger partial charge on any atom is 0.305 e. The minimum Gasteiger partial charge on any atom is -0.481 e. The van der Waals surface area contributed by atoms with Crippen molar-refractivity contribution in [1.29, 1.82) is 0 Å². The average molecular weight is 270 g/mol. The fourth-order valence-electron chi connectivity index (χ4n) is 2.81. The summed E-state index contributed by atoms with van der Waals surface area (Å²) in [6.45, 7) is 1.92. The van der Waals surface area contributed by atoms with Gasteiger partial charge in [-0.25, -0.2) is 0 Å². The third kappa shape index (κ3) is 6.05. The zero-order valence-corrected chi connectivity index (χ0v) is 11.8. The molecular weight excluding hydrogens is 244 g/mol. The van der Waals surface area contributed by atoms with Gasteiger partial charge >= 0.3 is 5.97 Å². The van der Waals surface area contributed by atoms with E-state index in [-0.39, 0.29) is 18.4 Å². The summed E-state index contributed by atoms with van der Waals surface area (Å²) in [5.41, 5.74) is 5.13. The largest absolute Gasteiger partial charge is 0.481 e. The molecular formula is C14H26N2O3. The van der Waals surface area contributed by atoms with Crippen molar-refractivity contribution in [3.05, 3.63) is 0 Å². The van der Waals surface area contributed by atoms with E-state index < -0.39 is 11.5 Å². The van der Waals surface area contributed by atoms with Crippen molar-refractivity contribution in [2.24, 2.45) is 5.73 Å². The minimum atomic E-state index is -0.835. The molecule has 0 bridgehead atoms. The molecule has 0 aromatic carbocycles. The van der Waals surface area contributed by atoms with Gasteiger partial charge in [-0.3, -0.25) is 9.59 Å². The van der Waals surface area contributed by atoms with Crippen LogP contribution in [-0.2, 0) is 9.59 Å². The van der Waals surface area contributed by atoms with Crippen LogP contribution in [0.1, 0.15) is 64.7 Å². The standard InChI is InChI=1S/C14H26N2O3/c1-11(15)6-5-7-12(17)16-14(10-13(18)19)8-3-2-4-9-14/h11H,2-10,15H2,1H3,(H,16,17)(H,18,19). The molecule has 5 heteroatoms. The van der Waals surface area contributed by atoms with Crippen LogP contribution >= 0.6 is 0 Å². The van der Waals surface area contributed by atoms with E-state index in [1.54, 1.807) is 0 Å². The van der Waals surface area contributed by atoms with Gasteiger partial charge in [0.2, 0.25) is 5.91 Å². The van der Waals surface area contributed by atoms with Gasteiger partial charge in [0.1, 0.15) is 0 Å². The highest BCUT2D eigenvalue weighted by Gasteiger charge is 2.35. The molecule has 1 amide bonds. The first-order valence-corrected chi connectivity index (χ1v) is 7.22. The molecule has 110 valence electrons. The van der Waals surface area contributed by atoms with E-state index >= 15 is 0 Å². The van der Waals surface area contributed by atoms with Crippen LogP contribution in [0.15, 0.2) is 0 Å². The molecule has 1 rings (SSSR count). The Bertz CT molecular complexity index is 310. The summed E-state index contributed by atoms with van der Waals surface area (Å²) in [5, 5.41) is 12.0. The highest BCUT2D eigenvalue weighted by atomic mass is 16.4. The van der Waals surface area contributed by atoms with Crippen LogP contribution in [0.3, 0.4) is 0 Å². The average Bonchev–Trinajstić information content (AvgIpc) is 2.27. The number of carboxylic acid groups (broad SMARTS) is 1. The Labute approximate surface area is 114 Å². The predicted molar refractivity (Wildman–Crippen MR) is 73.7 cm³/mol. The minimum absolute atomic E-state index is 0.0338. The van der Waals surface area contributed by atoms with Gasteiger partial charge in [0.25, 0.3) is 0 Å². The second kappa shape index (κ2) is 7.48. The third-order valence-electron chi connectivity index (χ3n) is 3.77. The number of carbonyl (C=O) groups is 2. The molecule has 1 aliphatic carbocycles. The second-order valence-electron chi connectivity index (χ2n) is 5.83. The molecule has 19 heavy (non-hydrogen) atoms. The highest BCUT2D eigenvalue weighted by Crippen LogP contribution is 2.31. The Balaban J connectivity index is 2.47. The summed E-state index contributed by atoms with van der Waals surface area (Å²) >= 11 is 0. The van der Waals surface area contributed by atoms with E-state index in [0.29, 0.717) is 6.42 Å². The van der Waals surface area contributed by atoms with Gasteiger partial charge in [-0.1, -0.05) is 19.3 Å². The van der Waals surface area contributed by atoms with Crippen molar-refractivity contribution < 1.29 is 14.7 Å². The van der Waals surface area contributed by atoms with Gasteiger partial charge in [-0.15, -0.1) is 0 Å². The highest BCUT2D eigenvalue weighted by molar-refractivity contribution is 5.78. The van der Waals surface area contributed by atoms with Crippen molar-refractivity contribution in [1.82, 2.24) is 5.32 Å². The predicted octanol–water partition coefficient (Wildman–Crippen LogP) is 1.80. The van der Waals surface area contributed by atoms with Crippen molar-refractivity contribution >= 4 is 11.9 Å². The monoisotopic (exact) mass is 270 g/mol. The maximum atomic E-state index is 11.9. The molecule has 0 aromatic rings. The molecule has 1 saturated carbocycles. The summed E-state index contributed by atoms with van der Waals surface area (Å²) in [6.07, 6.45) is 6.71. The normalized spacial score (nSPS) is 19.7. The molecule has 5 nitrogen and oxygen atoms in total. The van der Waals surface area contributed by atoms with Gasteiger partial charge < -0.3 is 16.2 Å². The zero-order valence-electron chi connectivity index (χ0n) is 11.8. The quantitative estimate of drug-likeness (QED) is 0.657. The van der Waals surface area contributed by atoms with E-state index in [2.05, 4.69) is 5.32 Å². The second-order valence-corrected chi connectivity index (χ2v) is 5.83. The van der Waals surface area contributed by atoms with E-state index in [1.807, 2.05) is 6.92 Å². The molecule has 0 aliphatic heterocycles. The zero-order chi connectivity index (χ0) is 14.3. The van der Waals surface area contributed by atoms with Crippen LogP contribution < -0.4 is 11.1 Å². The molecule has 4 N–H and O–H groups in total. The molecule has 0 radical (unpaired) electrons. The van der Waals surface area contributed by atoms with Gasteiger partial charge in [-0.2, -0.15) is 0 Å². The fraction of sp³-hybridized carbons (Fsp3) is 0.857. The summed E-state index contributed by atoms with van der Waals surface area (Å²) < 4.78 is 0. The SMILES string of the molecule is CC(N)CCCC(=O)NC1(CC(=O)O)CCCCC1. The van der Waals surface area contributed by atoms with Crippen molar-refractivity contribution in [2.75, 3.05) is 0 Å². The Morgan fingerprint density at radius 3 is 2.47 bits per heavy atom. The smallest absolute Gasteiger partial charge is 0.305 e. The lowest BCUT2D eigenvalue weighted by atomic mass is 9.79. The van der Waals surface area contributed by atoms with Gasteiger partial charge in [0, 0.05) is 12.5 Å². The molecule has 0 heterocycles. The Morgan fingerprint density at radius 2 is 1.95 bits per heavy atom. The number of aliphatic carboxylic acids is 1. The number of hydrogen-bond donors (Lipinski definition) is 3. The van der Waals surface area contributed by atoms with Crippen LogP contribution in [0.4, 0.5) is 0 Å². The van der Waals surface area contributed by atoms with Crippen LogP contribution in [0.5, 0.6) is 0 Å². The number of amides is 1. The first-order valence-electron chi connectivity index (χ1n) is 7.22. The van der Waals surface area contributed by atoms with Gasteiger partial charge in [0.15, 0.2) is 0 Å². The van der Waals surface area contributed by atoms with Crippen molar-refractivity contribution in [3.63, 3.8) is 0 Å². The van der Waals surface area contributed by atoms with E-state index in [1.165, 1.54) is 0 Å². The lowest BCUT2D eigenvalue weighted by Crippen LogP contribution is -2.51. The van der Waals surface area contributed by atoms with E-state index in [9.17, 15) is 9.59 Å². The maximum absolute atomic E-state index is 11.9. The molecule has 0 aromatic heterocycles.